The van der Waals surface area contributed by atoms with Crippen LogP contribution in [0, 0.1) is 12.8 Å². The van der Waals surface area contributed by atoms with Gasteiger partial charge >= 0.3 is 0 Å². The largest absolute Gasteiger partial charge is 0.464 e. The predicted molar refractivity (Wildman–Crippen MR) is 69.4 cm³/mol. The van der Waals surface area contributed by atoms with Gasteiger partial charge in [-0.15, -0.1) is 0 Å². The molecule has 2 rings (SSSR count). The molecular formula is C14H15ClO2. The number of halogens is 1. The van der Waals surface area contributed by atoms with Gasteiger partial charge in [-0.25, -0.2) is 0 Å². The highest BCUT2D eigenvalue weighted by Crippen LogP contribution is 2.34. The van der Waals surface area contributed by atoms with Crippen LogP contribution in [-0.2, 0) is 4.79 Å². The third kappa shape index (κ3) is 2.09. The van der Waals surface area contributed by atoms with Crippen LogP contribution in [0.4, 0.5) is 0 Å². The molecule has 1 heterocycles. The fourth-order valence-electron chi connectivity index (χ4n) is 2.21. The van der Waals surface area contributed by atoms with Crippen LogP contribution in [-0.4, -0.2) is 5.24 Å². The van der Waals surface area contributed by atoms with E-state index in [9.17, 15) is 4.79 Å². The van der Waals surface area contributed by atoms with Crippen molar-refractivity contribution in [3.8, 4) is 0 Å². The van der Waals surface area contributed by atoms with Gasteiger partial charge in [0.1, 0.15) is 5.58 Å². The normalized spacial score (nSPS) is 13.2. The van der Waals surface area contributed by atoms with Gasteiger partial charge in [-0.1, -0.05) is 32.0 Å². The molecular weight excluding hydrogens is 236 g/mol. The van der Waals surface area contributed by atoms with E-state index in [0.29, 0.717) is 0 Å². The summed E-state index contributed by atoms with van der Waals surface area (Å²) in [5.41, 5.74) is 2.79. The Hall–Kier alpha value is -1.28. The Morgan fingerprint density at radius 3 is 2.65 bits per heavy atom. The average molecular weight is 251 g/mol. The summed E-state index contributed by atoms with van der Waals surface area (Å²) < 4.78 is 5.55. The van der Waals surface area contributed by atoms with Crippen LogP contribution in [0.25, 0.3) is 11.0 Å². The molecule has 90 valence electrons. The molecule has 0 aliphatic rings. The van der Waals surface area contributed by atoms with Crippen molar-refractivity contribution in [1.29, 1.82) is 0 Å². The number of carbonyl (C=O) groups is 1. The van der Waals surface area contributed by atoms with Crippen LogP contribution in [0.5, 0.6) is 0 Å². The number of furan rings is 1. The number of para-hydroxylation sites is 1. The highest BCUT2D eigenvalue weighted by molar-refractivity contribution is 6.64. The lowest BCUT2D eigenvalue weighted by Crippen LogP contribution is -2.13. The first-order chi connectivity index (χ1) is 8.02. The molecule has 0 radical (unpaired) electrons. The van der Waals surface area contributed by atoms with E-state index in [1.807, 2.05) is 39.0 Å². The van der Waals surface area contributed by atoms with Crippen molar-refractivity contribution in [1.82, 2.24) is 0 Å². The molecule has 3 heteroatoms. The van der Waals surface area contributed by atoms with Gasteiger partial charge in [0.2, 0.25) is 5.24 Å². The first-order valence-corrected chi connectivity index (χ1v) is 6.06. The fraction of sp³-hybridized carbons (Fsp3) is 0.357. The molecule has 1 aromatic carbocycles. The van der Waals surface area contributed by atoms with Gasteiger partial charge in [0.05, 0.1) is 12.2 Å². The Labute approximate surface area is 106 Å². The zero-order valence-electron chi connectivity index (χ0n) is 10.2. The standard InChI is InChI=1S/C14H15ClO2/c1-8(2)12(14(15)16)11-7-17-13-9(3)5-4-6-10(11)13/h4-8,12H,1-3H3. The third-order valence-corrected chi connectivity index (χ3v) is 3.31. The third-order valence-electron chi connectivity index (χ3n) is 3.07. The van der Waals surface area contributed by atoms with Crippen LogP contribution in [0.1, 0.15) is 30.9 Å². The van der Waals surface area contributed by atoms with E-state index in [1.54, 1.807) is 6.26 Å². The maximum Gasteiger partial charge on any atom is 0.229 e. The van der Waals surface area contributed by atoms with Gasteiger partial charge in [-0.05, 0) is 30.0 Å². The Bertz CT molecular complexity index is 554. The topological polar surface area (TPSA) is 30.2 Å². The van der Waals surface area contributed by atoms with Crippen molar-refractivity contribution >= 4 is 27.8 Å². The van der Waals surface area contributed by atoms with Crippen LogP contribution in [0.2, 0.25) is 0 Å². The first kappa shape index (κ1) is 12.2. The molecule has 1 unspecified atom stereocenters. The summed E-state index contributed by atoms with van der Waals surface area (Å²) in [5.74, 6) is -0.152. The molecule has 0 fully saturated rings. The second-order valence-corrected chi connectivity index (χ2v) is 5.04. The SMILES string of the molecule is Cc1cccc2c(C(C(=O)Cl)C(C)C)coc12. The molecule has 0 N–H and O–H groups in total. The number of hydrogen-bond donors (Lipinski definition) is 0. The number of carbonyl (C=O) groups excluding carboxylic acids is 1. The number of aryl methyl sites for hydroxylation is 1. The highest BCUT2D eigenvalue weighted by atomic mass is 35.5. The molecule has 0 amide bonds. The molecule has 2 aromatic rings. The molecule has 2 nitrogen and oxygen atoms in total. The maximum atomic E-state index is 11.5. The van der Waals surface area contributed by atoms with Crippen molar-refractivity contribution in [2.24, 2.45) is 5.92 Å². The summed E-state index contributed by atoms with van der Waals surface area (Å²) in [6.45, 7) is 5.96. The number of fused-ring (bicyclic) bond motifs is 1. The minimum absolute atomic E-state index is 0.154. The number of benzene rings is 1. The minimum atomic E-state index is -0.329. The van der Waals surface area contributed by atoms with Gasteiger partial charge in [0, 0.05) is 10.9 Å². The van der Waals surface area contributed by atoms with E-state index in [4.69, 9.17) is 16.0 Å². The summed E-state index contributed by atoms with van der Waals surface area (Å²) in [5, 5.41) is 0.655. The van der Waals surface area contributed by atoms with Crippen LogP contribution >= 0.6 is 11.6 Å². The van der Waals surface area contributed by atoms with E-state index in [-0.39, 0.29) is 17.1 Å². The summed E-state index contributed by atoms with van der Waals surface area (Å²) >= 11 is 5.69. The van der Waals surface area contributed by atoms with Crippen molar-refractivity contribution in [2.75, 3.05) is 0 Å². The van der Waals surface area contributed by atoms with E-state index in [0.717, 1.165) is 22.1 Å². The summed E-state index contributed by atoms with van der Waals surface area (Å²) in [4.78, 5) is 11.5. The summed E-state index contributed by atoms with van der Waals surface area (Å²) in [6.07, 6.45) is 1.66. The van der Waals surface area contributed by atoms with Gasteiger partial charge in [-0.2, -0.15) is 0 Å². The van der Waals surface area contributed by atoms with Gasteiger partial charge in [-0.3, -0.25) is 4.79 Å². The lowest BCUT2D eigenvalue weighted by atomic mass is 9.89. The Balaban J connectivity index is 2.62. The molecule has 17 heavy (non-hydrogen) atoms. The monoisotopic (exact) mass is 250 g/mol. The molecule has 1 aromatic heterocycles. The van der Waals surface area contributed by atoms with Crippen LogP contribution in [0.3, 0.4) is 0 Å². The lowest BCUT2D eigenvalue weighted by molar-refractivity contribution is -0.113. The molecule has 1 atom stereocenters. The van der Waals surface area contributed by atoms with E-state index in [2.05, 4.69) is 0 Å². The van der Waals surface area contributed by atoms with Crippen LogP contribution < -0.4 is 0 Å². The van der Waals surface area contributed by atoms with Gasteiger partial charge < -0.3 is 4.42 Å². The Morgan fingerprint density at radius 1 is 1.35 bits per heavy atom. The van der Waals surface area contributed by atoms with Crippen molar-refractivity contribution < 1.29 is 9.21 Å². The highest BCUT2D eigenvalue weighted by Gasteiger charge is 2.26. The average Bonchev–Trinajstić information content (AvgIpc) is 2.63. The molecule has 0 aliphatic carbocycles. The molecule has 0 bridgehead atoms. The van der Waals surface area contributed by atoms with E-state index >= 15 is 0 Å². The maximum absolute atomic E-state index is 11.5. The summed E-state index contributed by atoms with van der Waals surface area (Å²) in [7, 11) is 0. The van der Waals surface area contributed by atoms with Crippen molar-refractivity contribution in [3.63, 3.8) is 0 Å². The Morgan fingerprint density at radius 2 is 2.06 bits per heavy atom. The Kier molecular flexibility index (Phi) is 3.25. The number of hydrogen-bond acceptors (Lipinski definition) is 2. The van der Waals surface area contributed by atoms with E-state index < -0.39 is 0 Å². The minimum Gasteiger partial charge on any atom is -0.464 e. The molecule has 0 aliphatic heterocycles. The first-order valence-electron chi connectivity index (χ1n) is 5.68. The molecule has 0 saturated heterocycles. The van der Waals surface area contributed by atoms with Crippen molar-refractivity contribution in [3.05, 3.63) is 35.6 Å². The lowest BCUT2D eigenvalue weighted by Gasteiger charge is -2.15. The fourth-order valence-corrected chi connectivity index (χ4v) is 2.58. The zero-order valence-corrected chi connectivity index (χ0v) is 10.9. The zero-order chi connectivity index (χ0) is 12.6. The predicted octanol–water partition coefficient (Wildman–Crippen LogP) is 4.25. The quantitative estimate of drug-likeness (QED) is 0.763. The van der Waals surface area contributed by atoms with Gasteiger partial charge in [0.15, 0.2) is 0 Å². The van der Waals surface area contributed by atoms with Crippen LogP contribution in [0.15, 0.2) is 28.9 Å². The molecule has 0 saturated carbocycles. The smallest absolute Gasteiger partial charge is 0.229 e. The second kappa shape index (κ2) is 4.53. The number of rotatable bonds is 3. The second-order valence-electron chi connectivity index (χ2n) is 4.67. The van der Waals surface area contributed by atoms with Gasteiger partial charge in [0.25, 0.3) is 0 Å². The molecule has 0 spiro atoms. The van der Waals surface area contributed by atoms with E-state index in [1.165, 1.54) is 0 Å². The summed E-state index contributed by atoms with van der Waals surface area (Å²) in [6, 6.07) is 5.92. The van der Waals surface area contributed by atoms with Crippen molar-refractivity contribution in [2.45, 2.75) is 26.7 Å².